The largest absolute Gasteiger partial charge is 0.508 e. The summed E-state index contributed by atoms with van der Waals surface area (Å²) in [5, 5.41) is 59.6. The van der Waals surface area contributed by atoms with Crippen LogP contribution >= 0.6 is 0 Å². The van der Waals surface area contributed by atoms with E-state index in [4.69, 9.17) is 10.8 Å². The van der Waals surface area contributed by atoms with Crippen molar-refractivity contribution in [2.75, 3.05) is 13.2 Å². The number of aromatic hydroxyl groups is 1. The van der Waals surface area contributed by atoms with Gasteiger partial charge in [-0.25, -0.2) is 4.79 Å². The van der Waals surface area contributed by atoms with Crippen LogP contribution in [0.2, 0.25) is 0 Å². The first-order valence-corrected chi connectivity index (χ1v) is 15.1. The van der Waals surface area contributed by atoms with Crippen molar-refractivity contribution in [1.29, 1.82) is 0 Å². The van der Waals surface area contributed by atoms with E-state index in [0.29, 0.717) is 12.0 Å². The summed E-state index contributed by atoms with van der Waals surface area (Å²) < 4.78 is 0. The van der Waals surface area contributed by atoms with Gasteiger partial charge in [0.25, 0.3) is 0 Å². The van der Waals surface area contributed by atoms with E-state index in [-0.39, 0.29) is 12.2 Å². The zero-order valence-corrected chi connectivity index (χ0v) is 27.1. The van der Waals surface area contributed by atoms with Gasteiger partial charge in [-0.05, 0) is 36.5 Å². The summed E-state index contributed by atoms with van der Waals surface area (Å²) in [6.07, 6.45) is -1.17. The highest BCUT2D eigenvalue weighted by molar-refractivity contribution is 5.96. The molecular formula is C30H48N6O11. The van der Waals surface area contributed by atoms with Gasteiger partial charge in [-0.15, -0.1) is 0 Å². The number of carbonyl (C=O) groups excluding carboxylic acids is 5. The number of rotatable bonds is 19. The van der Waals surface area contributed by atoms with E-state index in [1.54, 1.807) is 27.7 Å². The number of hydrogen-bond acceptors (Lipinski definition) is 11. The van der Waals surface area contributed by atoms with Crippen LogP contribution in [0.3, 0.4) is 0 Å². The molecule has 17 heteroatoms. The van der Waals surface area contributed by atoms with Gasteiger partial charge in [0.15, 0.2) is 0 Å². The van der Waals surface area contributed by atoms with Gasteiger partial charge in [-0.1, -0.05) is 46.2 Å². The minimum atomic E-state index is -1.66. The van der Waals surface area contributed by atoms with Crippen LogP contribution < -0.4 is 32.3 Å². The summed E-state index contributed by atoms with van der Waals surface area (Å²) in [5.41, 5.74) is 5.98. The number of benzene rings is 1. The average molecular weight is 669 g/mol. The van der Waals surface area contributed by atoms with Gasteiger partial charge < -0.3 is 57.9 Å². The number of carboxylic acids is 1. The molecule has 264 valence electrons. The molecule has 1 aromatic carbocycles. The molecule has 0 heterocycles. The van der Waals surface area contributed by atoms with Gasteiger partial charge >= 0.3 is 5.97 Å². The fourth-order valence-corrected chi connectivity index (χ4v) is 4.27. The van der Waals surface area contributed by atoms with Gasteiger partial charge in [0.05, 0.1) is 19.3 Å². The van der Waals surface area contributed by atoms with Crippen molar-refractivity contribution in [2.24, 2.45) is 17.6 Å². The molecule has 0 aromatic heterocycles. The van der Waals surface area contributed by atoms with E-state index in [1.807, 2.05) is 0 Å². The van der Waals surface area contributed by atoms with Crippen molar-refractivity contribution in [3.05, 3.63) is 29.8 Å². The minimum Gasteiger partial charge on any atom is -0.508 e. The molecule has 0 saturated heterocycles. The summed E-state index contributed by atoms with van der Waals surface area (Å²) in [6.45, 7) is 6.25. The topological polar surface area (TPSA) is 290 Å². The highest BCUT2D eigenvalue weighted by atomic mass is 16.4. The van der Waals surface area contributed by atoms with E-state index in [2.05, 4.69) is 26.6 Å². The number of aliphatic hydroxyl groups is 3. The number of carboxylic acid groups (broad SMARTS) is 1. The molecule has 8 atom stereocenters. The Labute approximate surface area is 272 Å². The minimum absolute atomic E-state index is 0.0496. The molecule has 0 unspecified atom stereocenters. The molecular weight excluding hydrogens is 620 g/mol. The predicted molar refractivity (Wildman–Crippen MR) is 167 cm³/mol. The first kappa shape index (κ1) is 40.7. The fraction of sp³-hybridized carbons (Fsp3) is 0.600. The zero-order chi connectivity index (χ0) is 36.0. The Morgan fingerprint density at radius 1 is 0.702 bits per heavy atom. The maximum atomic E-state index is 13.6. The van der Waals surface area contributed by atoms with E-state index < -0.39 is 103 Å². The number of phenolic OH excluding ortho intramolecular Hbond substituents is 1. The van der Waals surface area contributed by atoms with Crippen molar-refractivity contribution in [2.45, 2.75) is 89.8 Å². The molecule has 0 aliphatic rings. The number of nitrogens with one attached hydrogen (secondary N) is 5. The average Bonchev–Trinajstić information content (AvgIpc) is 3.02. The second kappa shape index (κ2) is 19.4. The maximum absolute atomic E-state index is 13.6. The lowest BCUT2D eigenvalue weighted by molar-refractivity contribution is -0.143. The Bertz CT molecular complexity index is 1230. The molecule has 17 nitrogen and oxygen atoms in total. The van der Waals surface area contributed by atoms with Crippen LogP contribution in [0.15, 0.2) is 24.3 Å². The van der Waals surface area contributed by atoms with E-state index >= 15 is 0 Å². The van der Waals surface area contributed by atoms with Crippen molar-refractivity contribution in [1.82, 2.24) is 26.6 Å². The van der Waals surface area contributed by atoms with E-state index in [1.165, 1.54) is 31.2 Å². The summed E-state index contributed by atoms with van der Waals surface area (Å²) >= 11 is 0. The molecule has 47 heavy (non-hydrogen) atoms. The van der Waals surface area contributed by atoms with Crippen molar-refractivity contribution in [3.8, 4) is 5.75 Å². The molecule has 12 N–H and O–H groups in total. The number of aliphatic carboxylic acids is 1. The first-order chi connectivity index (χ1) is 22.0. The Balaban J connectivity index is 3.27. The standard InChI is InChI=1S/C30H48N6O11/c1-6-15(4)23(35-29(45)24(16(5)39)36-25(41)19(31)12-37)28(44)34-22(14(2)3)27(43)32-20(11-17-7-9-18(40)10-8-17)26(42)33-21(13-38)30(46)47/h7-10,14-16,19-24,37-40H,6,11-13,31H2,1-5H3,(H,32,43)(H,33,42)(H,34,44)(H,35,45)(H,36,41)(H,46,47)/t15-,16+,19-,20-,21-,22-,23-,24-/m0/s1. The number of phenols is 1. The molecule has 1 rings (SSSR count). The Morgan fingerprint density at radius 2 is 1.19 bits per heavy atom. The highest BCUT2D eigenvalue weighted by Gasteiger charge is 2.36. The maximum Gasteiger partial charge on any atom is 0.328 e. The van der Waals surface area contributed by atoms with Gasteiger partial charge in [0.1, 0.15) is 42.0 Å². The number of aliphatic hydroxyl groups excluding tert-OH is 3. The molecule has 0 aliphatic carbocycles. The fourth-order valence-electron chi connectivity index (χ4n) is 4.27. The van der Waals surface area contributed by atoms with Gasteiger partial charge in [-0.2, -0.15) is 0 Å². The van der Waals surface area contributed by atoms with Crippen LogP contribution in [-0.4, -0.2) is 117 Å². The molecule has 1 aromatic rings. The smallest absolute Gasteiger partial charge is 0.328 e. The van der Waals surface area contributed by atoms with E-state index in [9.17, 15) is 49.2 Å². The van der Waals surface area contributed by atoms with Crippen LogP contribution in [-0.2, 0) is 35.2 Å². The Morgan fingerprint density at radius 3 is 1.66 bits per heavy atom. The lowest BCUT2D eigenvalue weighted by Gasteiger charge is -2.31. The number of carbonyl (C=O) groups is 6. The van der Waals surface area contributed by atoms with Crippen LogP contribution in [0.4, 0.5) is 0 Å². The summed E-state index contributed by atoms with van der Waals surface area (Å²) in [5.74, 6) is -6.97. The third kappa shape index (κ3) is 12.8. The summed E-state index contributed by atoms with van der Waals surface area (Å²) in [6, 6.07) is -2.73. The molecule has 0 radical (unpaired) electrons. The monoisotopic (exact) mass is 668 g/mol. The van der Waals surface area contributed by atoms with Crippen molar-refractivity contribution < 1.29 is 54.3 Å². The quantitative estimate of drug-likeness (QED) is 0.0697. The molecule has 0 spiro atoms. The molecule has 5 amide bonds. The number of amides is 5. The lowest BCUT2D eigenvalue weighted by atomic mass is 9.95. The summed E-state index contributed by atoms with van der Waals surface area (Å²) in [4.78, 5) is 76.9. The van der Waals surface area contributed by atoms with Crippen LogP contribution in [0.25, 0.3) is 0 Å². The van der Waals surface area contributed by atoms with Gasteiger partial charge in [-0.3, -0.25) is 24.0 Å². The summed E-state index contributed by atoms with van der Waals surface area (Å²) in [7, 11) is 0. The Hall–Kier alpha value is -4.32. The third-order valence-electron chi connectivity index (χ3n) is 7.44. The van der Waals surface area contributed by atoms with Crippen LogP contribution in [0, 0.1) is 11.8 Å². The second-order valence-corrected chi connectivity index (χ2v) is 11.6. The van der Waals surface area contributed by atoms with Crippen LogP contribution in [0.1, 0.15) is 46.6 Å². The highest BCUT2D eigenvalue weighted by Crippen LogP contribution is 2.14. The molecule has 0 bridgehead atoms. The second-order valence-electron chi connectivity index (χ2n) is 11.6. The van der Waals surface area contributed by atoms with Gasteiger partial charge in [0.2, 0.25) is 29.5 Å². The lowest BCUT2D eigenvalue weighted by Crippen LogP contribution is -2.62. The van der Waals surface area contributed by atoms with Crippen molar-refractivity contribution in [3.63, 3.8) is 0 Å². The molecule has 0 saturated carbocycles. The van der Waals surface area contributed by atoms with E-state index in [0.717, 1.165) is 0 Å². The molecule has 0 aliphatic heterocycles. The number of nitrogens with two attached hydrogens (primary N) is 1. The normalized spacial score (nSPS) is 16.3. The zero-order valence-electron chi connectivity index (χ0n) is 27.1. The first-order valence-electron chi connectivity index (χ1n) is 15.1. The molecule has 0 fully saturated rings. The SMILES string of the molecule is CC[C@H](C)[C@H](NC(=O)[C@@H](NC(=O)[C@@H](N)CO)[C@@H](C)O)C(=O)N[C@H](C(=O)N[C@@H](Cc1ccc(O)cc1)C(=O)N[C@@H](CO)C(=O)O)C(C)C. The number of hydrogen-bond donors (Lipinski definition) is 11. The van der Waals surface area contributed by atoms with Crippen molar-refractivity contribution >= 4 is 35.5 Å². The third-order valence-corrected chi connectivity index (χ3v) is 7.44. The van der Waals surface area contributed by atoms with Crippen LogP contribution in [0.5, 0.6) is 5.75 Å². The Kier molecular flexibility index (Phi) is 16.8. The predicted octanol–water partition coefficient (Wildman–Crippen LogP) is -3.16. The van der Waals surface area contributed by atoms with Gasteiger partial charge in [0, 0.05) is 6.42 Å².